The molecule has 0 aliphatic heterocycles. The van der Waals surface area contributed by atoms with Crippen LogP contribution in [-0.2, 0) is 0 Å². The van der Waals surface area contributed by atoms with E-state index in [0.29, 0.717) is 20.6 Å². The molecule has 2 aromatic carbocycles. The number of carbonyl (C=O) groups is 1. The normalized spacial score (nSPS) is 10.8. The molecule has 106 valence electrons. The van der Waals surface area contributed by atoms with Crippen LogP contribution in [0.15, 0.2) is 45.8 Å². The Kier molecular flexibility index (Phi) is 4.21. The SMILES string of the molecule is O=C(Nc1nc2ccc(Cl)cc2s1)c1ccc(Br)cc1S. The van der Waals surface area contributed by atoms with Gasteiger partial charge in [-0.1, -0.05) is 38.9 Å². The quantitative estimate of drug-likeness (QED) is 0.578. The van der Waals surface area contributed by atoms with Crippen LogP contribution < -0.4 is 5.32 Å². The molecule has 1 aromatic heterocycles. The molecule has 0 aliphatic carbocycles. The molecule has 1 N–H and O–H groups in total. The molecule has 0 radical (unpaired) electrons. The number of anilines is 1. The fourth-order valence-corrected chi connectivity index (χ4v) is 3.80. The summed E-state index contributed by atoms with van der Waals surface area (Å²) < 4.78 is 1.80. The number of rotatable bonds is 2. The molecule has 0 saturated heterocycles. The highest BCUT2D eigenvalue weighted by Crippen LogP contribution is 2.29. The van der Waals surface area contributed by atoms with Crippen molar-refractivity contribution in [1.29, 1.82) is 0 Å². The van der Waals surface area contributed by atoms with Crippen molar-refractivity contribution in [3.63, 3.8) is 0 Å². The number of halogens is 2. The summed E-state index contributed by atoms with van der Waals surface area (Å²) in [6.07, 6.45) is 0. The van der Waals surface area contributed by atoms with Gasteiger partial charge in [0.25, 0.3) is 5.91 Å². The number of hydrogen-bond donors (Lipinski definition) is 2. The number of thiazole rings is 1. The van der Waals surface area contributed by atoms with Gasteiger partial charge >= 0.3 is 0 Å². The Bertz CT molecular complexity index is 850. The van der Waals surface area contributed by atoms with E-state index in [1.165, 1.54) is 11.3 Å². The number of nitrogens with zero attached hydrogens (tertiary/aromatic N) is 1. The van der Waals surface area contributed by atoms with E-state index in [1.54, 1.807) is 24.3 Å². The Balaban J connectivity index is 1.89. The number of nitrogens with one attached hydrogen (secondary N) is 1. The van der Waals surface area contributed by atoms with E-state index in [9.17, 15) is 4.79 Å². The average Bonchev–Trinajstić information content (AvgIpc) is 2.79. The van der Waals surface area contributed by atoms with Gasteiger partial charge in [0.05, 0.1) is 15.8 Å². The van der Waals surface area contributed by atoms with E-state index in [1.807, 2.05) is 12.1 Å². The monoisotopic (exact) mass is 398 g/mol. The molecule has 0 atom stereocenters. The fourth-order valence-electron chi connectivity index (χ4n) is 1.81. The summed E-state index contributed by atoms with van der Waals surface area (Å²) in [6, 6.07) is 10.7. The Morgan fingerprint density at radius 2 is 2.10 bits per heavy atom. The molecule has 0 unspecified atom stereocenters. The smallest absolute Gasteiger partial charge is 0.258 e. The van der Waals surface area contributed by atoms with E-state index in [0.717, 1.165) is 14.7 Å². The summed E-state index contributed by atoms with van der Waals surface area (Å²) in [5.41, 5.74) is 1.31. The van der Waals surface area contributed by atoms with Gasteiger partial charge in [0.15, 0.2) is 5.13 Å². The maximum Gasteiger partial charge on any atom is 0.258 e. The second kappa shape index (κ2) is 5.96. The number of thiol groups is 1. The number of fused-ring (bicyclic) bond motifs is 1. The van der Waals surface area contributed by atoms with Crippen molar-refractivity contribution in [2.24, 2.45) is 0 Å². The minimum absolute atomic E-state index is 0.238. The lowest BCUT2D eigenvalue weighted by atomic mass is 10.2. The predicted octanol–water partition coefficient (Wildman–Crippen LogP) is 5.25. The number of aromatic nitrogens is 1. The first-order valence-corrected chi connectivity index (χ1v) is 8.32. The minimum Gasteiger partial charge on any atom is -0.298 e. The zero-order chi connectivity index (χ0) is 15.0. The summed E-state index contributed by atoms with van der Waals surface area (Å²) in [6.45, 7) is 0. The summed E-state index contributed by atoms with van der Waals surface area (Å²) in [5, 5.41) is 3.97. The lowest BCUT2D eigenvalue weighted by molar-refractivity contribution is 0.102. The van der Waals surface area contributed by atoms with Crippen molar-refractivity contribution in [3.05, 3.63) is 51.5 Å². The van der Waals surface area contributed by atoms with Gasteiger partial charge in [0.2, 0.25) is 0 Å². The highest BCUT2D eigenvalue weighted by molar-refractivity contribution is 9.10. The van der Waals surface area contributed by atoms with Gasteiger partial charge < -0.3 is 0 Å². The van der Waals surface area contributed by atoms with Crippen LogP contribution in [0.2, 0.25) is 5.02 Å². The second-order valence-electron chi connectivity index (χ2n) is 4.25. The maximum absolute atomic E-state index is 12.3. The van der Waals surface area contributed by atoms with Gasteiger partial charge in [-0.25, -0.2) is 4.98 Å². The second-order valence-corrected chi connectivity index (χ2v) is 7.11. The highest BCUT2D eigenvalue weighted by Gasteiger charge is 2.12. The average molecular weight is 400 g/mol. The molecule has 3 aromatic rings. The van der Waals surface area contributed by atoms with Gasteiger partial charge in [-0.2, -0.15) is 0 Å². The summed E-state index contributed by atoms with van der Waals surface area (Å²) >= 11 is 15.0. The summed E-state index contributed by atoms with van der Waals surface area (Å²) in [7, 11) is 0. The number of carbonyl (C=O) groups excluding carboxylic acids is 1. The third kappa shape index (κ3) is 3.23. The van der Waals surface area contributed by atoms with E-state index < -0.39 is 0 Å². The van der Waals surface area contributed by atoms with Crippen LogP contribution in [0, 0.1) is 0 Å². The first-order valence-electron chi connectivity index (χ1n) is 5.89. The molecular weight excluding hydrogens is 392 g/mol. The van der Waals surface area contributed by atoms with Gasteiger partial charge in [-0.3, -0.25) is 10.1 Å². The Labute approximate surface area is 143 Å². The lowest BCUT2D eigenvalue weighted by Crippen LogP contribution is -2.12. The Morgan fingerprint density at radius 3 is 2.86 bits per heavy atom. The predicted molar refractivity (Wildman–Crippen MR) is 94.0 cm³/mol. The number of amides is 1. The topological polar surface area (TPSA) is 42.0 Å². The first kappa shape index (κ1) is 14.8. The van der Waals surface area contributed by atoms with Crippen LogP contribution in [0.25, 0.3) is 10.2 Å². The van der Waals surface area contributed by atoms with Crippen molar-refractivity contribution in [1.82, 2.24) is 4.98 Å². The number of hydrogen-bond acceptors (Lipinski definition) is 4. The zero-order valence-electron chi connectivity index (χ0n) is 10.4. The maximum atomic E-state index is 12.3. The van der Waals surface area contributed by atoms with Crippen LogP contribution in [0.5, 0.6) is 0 Å². The van der Waals surface area contributed by atoms with E-state index >= 15 is 0 Å². The highest BCUT2D eigenvalue weighted by atomic mass is 79.9. The lowest BCUT2D eigenvalue weighted by Gasteiger charge is -2.04. The van der Waals surface area contributed by atoms with Crippen molar-refractivity contribution >= 4 is 72.8 Å². The van der Waals surface area contributed by atoms with Crippen LogP contribution >= 0.6 is 51.5 Å². The minimum atomic E-state index is -0.238. The molecular formula is C14H8BrClN2OS2. The van der Waals surface area contributed by atoms with Crippen LogP contribution in [0.3, 0.4) is 0 Å². The standard InChI is InChI=1S/C14H8BrClN2OS2/c15-7-1-3-9(11(20)5-7)13(19)18-14-17-10-4-2-8(16)6-12(10)21-14/h1-6,20H,(H,17,18,19). The zero-order valence-corrected chi connectivity index (χ0v) is 14.5. The van der Waals surface area contributed by atoms with Crippen LogP contribution in [-0.4, -0.2) is 10.9 Å². The van der Waals surface area contributed by atoms with E-state index in [-0.39, 0.29) is 5.91 Å². The summed E-state index contributed by atoms with van der Waals surface area (Å²) in [4.78, 5) is 17.2. The van der Waals surface area contributed by atoms with Crippen LogP contribution in [0.1, 0.15) is 10.4 Å². The van der Waals surface area contributed by atoms with Crippen molar-refractivity contribution in [2.75, 3.05) is 5.32 Å². The Morgan fingerprint density at radius 1 is 1.29 bits per heavy atom. The molecule has 1 heterocycles. The first-order chi connectivity index (χ1) is 10.0. The number of benzene rings is 2. The molecule has 0 spiro atoms. The molecule has 0 saturated carbocycles. The molecule has 3 nitrogen and oxygen atoms in total. The molecule has 0 bridgehead atoms. The van der Waals surface area contributed by atoms with Gasteiger partial charge in [-0.05, 0) is 36.4 Å². The molecule has 0 aliphatic rings. The largest absolute Gasteiger partial charge is 0.298 e. The fraction of sp³-hybridized carbons (Fsp3) is 0. The van der Waals surface area contributed by atoms with Crippen molar-refractivity contribution < 1.29 is 4.79 Å². The van der Waals surface area contributed by atoms with Gasteiger partial charge in [0, 0.05) is 14.4 Å². The van der Waals surface area contributed by atoms with E-state index in [2.05, 4.69) is 38.9 Å². The van der Waals surface area contributed by atoms with E-state index in [4.69, 9.17) is 11.6 Å². The third-order valence-electron chi connectivity index (χ3n) is 2.78. The molecule has 21 heavy (non-hydrogen) atoms. The molecule has 0 fully saturated rings. The van der Waals surface area contributed by atoms with Crippen LogP contribution in [0.4, 0.5) is 5.13 Å². The molecule has 3 rings (SSSR count). The van der Waals surface area contributed by atoms with Crippen molar-refractivity contribution in [3.8, 4) is 0 Å². The Hall–Kier alpha value is -1.08. The van der Waals surface area contributed by atoms with Gasteiger partial charge in [-0.15, -0.1) is 12.6 Å². The molecule has 7 heteroatoms. The third-order valence-corrected chi connectivity index (χ3v) is 4.81. The van der Waals surface area contributed by atoms with Crippen molar-refractivity contribution in [2.45, 2.75) is 4.90 Å². The molecule has 1 amide bonds. The summed E-state index contributed by atoms with van der Waals surface area (Å²) in [5.74, 6) is -0.238. The van der Waals surface area contributed by atoms with Gasteiger partial charge in [0.1, 0.15) is 0 Å².